The molecular weight excluding hydrogens is 1390 g/mol. The molecule has 0 aliphatic carbocycles. The third-order valence-corrected chi connectivity index (χ3v) is 22.9. The molecule has 0 aliphatic heterocycles. The first-order valence-electron chi connectivity index (χ1n) is 45.4. The number of phosphoric acid groups is 2. The molecule has 0 heterocycles. The summed E-state index contributed by atoms with van der Waals surface area (Å²) in [5.41, 5.74) is 0. The van der Waals surface area contributed by atoms with Gasteiger partial charge in [-0.15, -0.1) is 0 Å². The van der Waals surface area contributed by atoms with Crippen molar-refractivity contribution < 1.29 is 80.2 Å². The average molecular weight is 1560 g/mol. The summed E-state index contributed by atoms with van der Waals surface area (Å²) in [6, 6.07) is 0. The maximum atomic E-state index is 13.2. The molecule has 19 heteroatoms. The topological polar surface area (TPSA) is 237 Å². The molecule has 0 bridgehead atoms. The van der Waals surface area contributed by atoms with Gasteiger partial charge in [-0.1, -0.05) is 414 Å². The van der Waals surface area contributed by atoms with Crippen LogP contribution in [0.5, 0.6) is 0 Å². The summed E-state index contributed by atoms with van der Waals surface area (Å²) in [7, 11) is -9.93. The number of phosphoric ester groups is 2. The van der Waals surface area contributed by atoms with Gasteiger partial charge in [-0.3, -0.25) is 37.3 Å². The molecule has 636 valence electrons. The van der Waals surface area contributed by atoms with Gasteiger partial charge in [0.15, 0.2) is 12.2 Å². The minimum absolute atomic E-state index is 0.106. The first-order valence-corrected chi connectivity index (χ1v) is 48.4. The Balaban J connectivity index is 5.19. The van der Waals surface area contributed by atoms with E-state index in [1.54, 1.807) is 0 Å². The summed E-state index contributed by atoms with van der Waals surface area (Å²) in [5.74, 6) is 0.208. The number of hydrogen-bond acceptors (Lipinski definition) is 15. The van der Waals surface area contributed by atoms with E-state index in [0.717, 1.165) is 108 Å². The quantitative estimate of drug-likeness (QED) is 0.0222. The van der Waals surface area contributed by atoms with Gasteiger partial charge < -0.3 is 33.8 Å². The van der Waals surface area contributed by atoms with Crippen LogP contribution < -0.4 is 0 Å². The lowest BCUT2D eigenvalue weighted by molar-refractivity contribution is -0.161. The molecule has 0 saturated heterocycles. The SMILES string of the molecule is CCCCCCCCCCCCCCCCCCCCCCCCC(=O)OC[C@H](COP(=O)(O)OC[C@@H](O)COP(=O)(O)OC[C@@H](COC(=O)CCCCCCCCC(C)C)OC(=O)CCCCCCCCCCCCCC(C)C)OC(=O)CCCCCCCCCCCCCCCCCCCCC(C)CC. The minimum atomic E-state index is -4.97. The Kier molecular flexibility index (Phi) is 76.6. The Morgan fingerprint density at radius 1 is 0.271 bits per heavy atom. The molecule has 0 radical (unpaired) electrons. The van der Waals surface area contributed by atoms with Gasteiger partial charge in [0.05, 0.1) is 26.4 Å². The monoisotopic (exact) mass is 1560 g/mol. The molecule has 0 aromatic rings. The molecule has 0 aromatic heterocycles. The van der Waals surface area contributed by atoms with Crippen LogP contribution in [-0.2, 0) is 65.4 Å². The Morgan fingerprint density at radius 2 is 0.477 bits per heavy atom. The molecule has 0 rings (SSSR count). The number of ether oxygens (including phenoxy) is 4. The highest BCUT2D eigenvalue weighted by Crippen LogP contribution is 2.45. The molecule has 107 heavy (non-hydrogen) atoms. The van der Waals surface area contributed by atoms with Crippen LogP contribution in [0.15, 0.2) is 0 Å². The fourth-order valence-electron chi connectivity index (χ4n) is 13.7. The van der Waals surface area contributed by atoms with Crippen molar-refractivity contribution in [3.05, 3.63) is 0 Å². The van der Waals surface area contributed by atoms with E-state index in [1.165, 1.54) is 270 Å². The van der Waals surface area contributed by atoms with Crippen LogP contribution in [-0.4, -0.2) is 96.7 Å². The van der Waals surface area contributed by atoms with Crippen LogP contribution in [0.2, 0.25) is 0 Å². The van der Waals surface area contributed by atoms with Crippen molar-refractivity contribution in [2.24, 2.45) is 17.8 Å². The fraction of sp³-hybridized carbons (Fsp3) is 0.955. The standard InChI is InChI=1S/C88H172O17P2/c1-8-10-11-12-13-14-15-16-17-18-19-20-21-22-26-29-32-37-42-47-55-62-69-85(90)98-75-83(104-87(92)71-64-57-48-43-38-33-30-27-24-23-25-28-31-36-41-46-54-61-68-81(7)9-2)77-102-106(94,95)100-73-82(89)74-101-107(96,97)103-78-84(76-99-86(91)70-63-56-51-50-53-60-67-80(5)6)105-88(93)72-65-58-49-44-39-34-35-40-45-52-59-66-79(3)4/h79-84,89H,8-78H2,1-7H3,(H,94,95)(H,96,97)/t81?,82-,83-,84-/m1/s1. The molecule has 3 N–H and O–H groups in total. The number of unbranched alkanes of at least 4 members (excludes halogenated alkanes) is 53. The second-order valence-electron chi connectivity index (χ2n) is 32.8. The van der Waals surface area contributed by atoms with Crippen molar-refractivity contribution in [1.29, 1.82) is 0 Å². The van der Waals surface area contributed by atoms with Crippen molar-refractivity contribution in [2.75, 3.05) is 39.6 Å². The van der Waals surface area contributed by atoms with Crippen LogP contribution in [0.25, 0.3) is 0 Å². The van der Waals surface area contributed by atoms with E-state index >= 15 is 0 Å². The van der Waals surface area contributed by atoms with E-state index < -0.39 is 97.5 Å². The van der Waals surface area contributed by atoms with Crippen molar-refractivity contribution in [2.45, 2.75) is 484 Å². The van der Waals surface area contributed by atoms with E-state index in [1.807, 2.05) is 0 Å². The maximum Gasteiger partial charge on any atom is 0.472 e. The van der Waals surface area contributed by atoms with Gasteiger partial charge in [0, 0.05) is 25.7 Å². The van der Waals surface area contributed by atoms with Crippen LogP contribution in [0, 0.1) is 17.8 Å². The van der Waals surface area contributed by atoms with Gasteiger partial charge >= 0.3 is 39.5 Å². The summed E-state index contributed by atoms with van der Waals surface area (Å²) in [6.45, 7) is 12.0. The third kappa shape index (κ3) is 80.5. The molecular formula is C88H172O17P2. The molecule has 0 aliphatic rings. The Morgan fingerprint density at radius 3 is 0.710 bits per heavy atom. The molecule has 17 nitrogen and oxygen atoms in total. The van der Waals surface area contributed by atoms with Crippen molar-refractivity contribution in [1.82, 2.24) is 0 Å². The number of aliphatic hydroxyl groups excluding tert-OH is 1. The fourth-order valence-corrected chi connectivity index (χ4v) is 15.3. The minimum Gasteiger partial charge on any atom is -0.462 e. The summed E-state index contributed by atoms with van der Waals surface area (Å²) in [5, 5.41) is 10.7. The number of aliphatic hydroxyl groups is 1. The number of carbonyl (C=O) groups is 4. The molecule has 0 saturated carbocycles. The smallest absolute Gasteiger partial charge is 0.462 e. The van der Waals surface area contributed by atoms with Gasteiger partial charge in [-0.25, -0.2) is 9.13 Å². The van der Waals surface area contributed by atoms with Gasteiger partial charge in [-0.05, 0) is 43.4 Å². The predicted octanol–water partition coefficient (Wildman–Crippen LogP) is 26.9. The molecule has 3 unspecified atom stereocenters. The third-order valence-electron chi connectivity index (χ3n) is 21.0. The lowest BCUT2D eigenvalue weighted by Gasteiger charge is -2.21. The second kappa shape index (κ2) is 78.0. The van der Waals surface area contributed by atoms with Crippen molar-refractivity contribution in [3.63, 3.8) is 0 Å². The summed E-state index contributed by atoms with van der Waals surface area (Å²) < 4.78 is 68.9. The molecule has 0 aromatic carbocycles. The Hall–Kier alpha value is -1.94. The first-order chi connectivity index (χ1) is 51.8. The molecule has 6 atom stereocenters. The predicted molar refractivity (Wildman–Crippen MR) is 441 cm³/mol. The van der Waals surface area contributed by atoms with Crippen molar-refractivity contribution >= 4 is 39.5 Å². The van der Waals surface area contributed by atoms with Crippen LogP contribution in [0.3, 0.4) is 0 Å². The molecule has 0 spiro atoms. The summed E-state index contributed by atoms with van der Waals surface area (Å²) in [6.07, 6.45) is 69.8. The zero-order chi connectivity index (χ0) is 78.6. The van der Waals surface area contributed by atoms with Crippen molar-refractivity contribution in [3.8, 4) is 0 Å². The largest absolute Gasteiger partial charge is 0.472 e. The van der Waals surface area contributed by atoms with Gasteiger partial charge in [0.25, 0.3) is 0 Å². The zero-order valence-electron chi connectivity index (χ0n) is 70.6. The average Bonchev–Trinajstić information content (AvgIpc) is 0.902. The Labute approximate surface area is 658 Å². The van der Waals surface area contributed by atoms with Crippen LogP contribution >= 0.6 is 15.6 Å². The number of rotatable bonds is 86. The van der Waals surface area contributed by atoms with Crippen LogP contribution in [0.4, 0.5) is 0 Å². The number of hydrogen-bond donors (Lipinski definition) is 3. The Bertz CT molecular complexity index is 2060. The van der Waals surface area contributed by atoms with E-state index in [-0.39, 0.29) is 25.7 Å². The normalized spacial score (nSPS) is 14.1. The lowest BCUT2D eigenvalue weighted by atomic mass is 9.99. The van der Waals surface area contributed by atoms with Gasteiger partial charge in [-0.2, -0.15) is 0 Å². The zero-order valence-corrected chi connectivity index (χ0v) is 72.4. The summed E-state index contributed by atoms with van der Waals surface area (Å²) >= 11 is 0. The maximum absolute atomic E-state index is 13.2. The molecule has 0 amide bonds. The first kappa shape index (κ1) is 105. The highest BCUT2D eigenvalue weighted by molar-refractivity contribution is 7.47. The number of carbonyl (C=O) groups excluding carboxylic acids is 4. The van der Waals surface area contributed by atoms with Gasteiger partial charge in [0.2, 0.25) is 0 Å². The highest BCUT2D eigenvalue weighted by Gasteiger charge is 2.31. The highest BCUT2D eigenvalue weighted by atomic mass is 31.2. The van der Waals surface area contributed by atoms with E-state index in [9.17, 15) is 43.2 Å². The van der Waals surface area contributed by atoms with Gasteiger partial charge in [0.1, 0.15) is 19.3 Å². The van der Waals surface area contributed by atoms with E-state index in [0.29, 0.717) is 31.6 Å². The van der Waals surface area contributed by atoms with E-state index in [4.69, 9.17) is 37.0 Å². The lowest BCUT2D eigenvalue weighted by Crippen LogP contribution is -2.30. The number of esters is 4. The molecule has 0 fully saturated rings. The van der Waals surface area contributed by atoms with E-state index in [2.05, 4.69) is 48.5 Å². The second-order valence-corrected chi connectivity index (χ2v) is 35.7. The summed E-state index contributed by atoms with van der Waals surface area (Å²) in [4.78, 5) is 73.2. The van der Waals surface area contributed by atoms with Crippen LogP contribution in [0.1, 0.15) is 466 Å².